The Morgan fingerprint density at radius 1 is 0.929 bits per heavy atom. The maximum atomic E-state index is 12.8. The van der Waals surface area contributed by atoms with Gasteiger partial charge < -0.3 is 4.57 Å². The van der Waals surface area contributed by atoms with Gasteiger partial charge in [-0.15, -0.1) is 0 Å². The summed E-state index contributed by atoms with van der Waals surface area (Å²) < 4.78 is 2.22. The summed E-state index contributed by atoms with van der Waals surface area (Å²) >= 11 is 0.989. The van der Waals surface area contributed by atoms with Crippen molar-refractivity contribution in [3.8, 4) is 0 Å². The smallest absolute Gasteiger partial charge is 0.298 e. The largest absolute Gasteiger partial charge is 0.344 e. The van der Waals surface area contributed by atoms with Crippen LogP contribution >= 0.6 is 11.8 Å². The summed E-state index contributed by atoms with van der Waals surface area (Å²) in [5.74, 6) is -0.269. The number of aromatic nitrogens is 1. The molecule has 0 aliphatic carbocycles. The van der Waals surface area contributed by atoms with Crippen molar-refractivity contribution in [2.24, 2.45) is 0 Å². The lowest BCUT2D eigenvalue weighted by atomic mass is 10.2. The SMILES string of the molecule is Cc1cc(/C=C2/SC(=O)N(c3ccccc3)C2=O)c(C)n1Cc1ccccc1. The Bertz CT molecular complexity index is 1070. The van der Waals surface area contributed by atoms with E-state index in [-0.39, 0.29) is 11.1 Å². The third kappa shape index (κ3) is 3.41. The van der Waals surface area contributed by atoms with Gasteiger partial charge in [0.15, 0.2) is 0 Å². The van der Waals surface area contributed by atoms with Crippen molar-refractivity contribution in [1.82, 2.24) is 4.57 Å². The van der Waals surface area contributed by atoms with Crippen molar-refractivity contribution in [3.63, 3.8) is 0 Å². The zero-order valence-electron chi connectivity index (χ0n) is 15.8. The maximum Gasteiger partial charge on any atom is 0.298 e. The van der Waals surface area contributed by atoms with Crippen molar-refractivity contribution < 1.29 is 9.59 Å². The first-order valence-electron chi connectivity index (χ1n) is 9.08. The Morgan fingerprint density at radius 2 is 1.57 bits per heavy atom. The van der Waals surface area contributed by atoms with Gasteiger partial charge in [0.05, 0.1) is 10.6 Å². The van der Waals surface area contributed by atoms with Crippen LogP contribution in [-0.4, -0.2) is 15.7 Å². The average molecular weight is 388 g/mol. The summed E-state index contributed by atoms with van der Waals surface area (Å²) in [5.41, 5.74) is 4.98. The molecular weight excluding hydrogens is 368 g/mol. The van der Waals surface area contributed by atoms with E-state index in [0.717, 1.165) is 35.3 Å². The number of thioether (sulfide) groups is 1. The summed E-state index contributed by atoms with van der Waals surface area (Å²) in [4.78, 5) is 26.9. The number of aryl methyl sites for hydroxylation is 1. The Hall–Kier alpha value is -3.05. The highest BCUT2D eigenvalue weighted by molar-refractivity contribution is 8.19. The first kappa shape index (κ1) is 18.3. The van der Waals surface area contributed by atoms with Crippen LogP contribution in [0.3, 0.4) is 0 Å². The van der Waals surface area contributed by atoms with Crippen molar-refractivity contribution in [3.05, 3.63) is 94.1 Å². The second-order valence-corrected chi connectivity index (χ2v) is 7.74. The van der Waals surface area contributed by atoms with Crippen molar-refractivity contribution in [2.75, 3.05) is 4.90 Å². The number of hydrogen-bond donors (Lipinski definition) is 0. The Labute approximate surface area is 168 Å². The molecule has 0 spiro atoms. The zero-order chi connectivity index (χ0) is 19.7. The van der Waals surface area contributed by atoms with Gasteiger partial charge in [-0.25, -0.2) is 4.90 Å². The number of imide groups is 1. The molecule has 0 N–H and O–H groups in total. The lowest BCUT2D eigenvalue weighted by molar-refractivity contribution is -0.113. The van der Waals surface area contributed by atoms with Gasteiger partial charge in [-0.3, -0.25) is 9.59 Å². The van der Waals surface area contributed by atoms with Gasteiger partial charge in [-0.1, -0.05) is 48.5 Å². The molecule has 1 fully saturated rings. The first-order valence-corrected chi connectivity index (χ1v) is 9.90. The lowest BCUT2D eigenvalue weighted by Crippen LogP contribution is -2.27. The van der Waals surface area contributed by atoms with Crippen molar-refractivity contribution >= 4 is 34.7 Å². The highest BCUT2D eigenvalue weighted by Gasteiger charge is 2.36. The van der Waals surface area contributed by atoms with Gasteiger partial charge >= 0.3 is 0 Å². The van der Waals surface area contributed by atoms with E-state index in [1.807, 2.05) is 49.4 Å². The van der Waals surface area contributed by atoms with Crippen LogP contribution in [0.1, 0.15) is 22.5 Å². The number of benzene rings is 2. The highest BCUT2D eigenvalue weighted by Crippen LogP contribution is 2.36. The molecule has 0 bridgehead atoms. The number of anilines is 1. The molecule has 4 nitrogen and oxygen atoms in total. The standard InChI is InChI=1S/C23H20N2O2S/c1-16-13-19(17(2)24(16)15-18-9-5-3-6-10-18)14-21-22(26)25(23(27)28-21)20-11-7-4-8-12-20/h3-14H,15H2,1-2H3/b21-14+. The van der Waals surface area contributed by atoms with E-state index in [2.05, 4.69) is 29.7 Å². The molecular formula is C23H20N2O2S. The fourth-order valence-electron chi connectivity index (χ4n) is 3.39. The monoisotopic (exact) mass is 388 g/mol. The van der Waals surface area contributed by atoms with Gasteiger partial charge in [-0.05, 0) is 61.0 Å². The van der Waals surface area contributed by atoms with Crippen LogP contribution in [0.2, 0.25) is 0 Å². The minimum atomic E-state index is -0.269. The molecule has 4 rings (SSSR count). The molecule has 2 heterocycles. The van der Waals surface area contributed by atoms with Gasteiger partial charge in [-0.2, -0.15) is 0 Å². The van der Waals surface area contributed by atoms with E-state index in [1.54, 1.807) is 12.1 Å². The number of nitrogens with zero attached hydrogens (tertiary/aromatic N) is 2. The van der Waals surface area contributed by atoms with E-state index < -0.39 is 0 Å². The molecule has 0 unspecified atom stereocenters. The molecule has 0 radical (unpaired) electrons. The predicted octanol–water partition coefficient (Wildman–Crippen LogP) is 5.39. The second-order valence-electron chi connectivity index (χ2n) is 6.75. The van der Waals surface area contributed by atoms with Gasteiger partial charge in [0.2, 0.25) is 0 Å². The van der Waals surface area contributed by atoms with Crippen LogP contribution in [0.4, 0.5) is 10.5 Å². The quantitative estimate of drug-likeness (QED) is 0.563. The second kappa shape index (κ2) is 7.52. The Balaban J connectivity index is 1.64. The van der Waals surface area contributed by atoms with E-state index in [4.69, 9.17) is 0 Å². The molecule has 2 aromatic carbocycles. The van der Waals surface area contributed by atoms with Crippen LogP contribution in [0, 0.1) is 13.8 Å². The summed E-state index contributed by atoms with van der Waals surface area (Å²) in [5, 5.41) is -0.263. The average Bonchev–Trinajstić information content (AvgIpc) is 3.13. The normalized spacial score (nSPS) is 15.6. The molecule has 0 atom stereocenters. The van der Waals surface area contributed by atoms with Crippen LogP contribution in [0.5, 0.6) is 0 Å². The van der Waals surface area contributed by atoms with Gasteiger partial charge in [0.1, 0.15) is 0 Å². The van der Waals surface area contributed by atoms with E-state index >= 15 is 0 Å². The van der Waals surface area contributed by atoms with Crippen LogP contribution in [-0.2, 0) is 11.3 Å². The van der Waals surface area contributed by atoms with Crippen LogP contribution < -0.4 is 4.90 Å². The molecule has 0 saturated carbocycles. The van der Waals surface area contributed by atoms with Crippen LogP contribution in [0.25, 0.3) is 6.08 Å². The van der Waals surface area contributed by atoms with E-state index in [0.29, 0.717) is 10.6 Å². The molecule has 5 heteroatoms. The highest BCUT2D eigenvalue weighted by atomic mass is 32.2. The lowest BCUT2D eigenvalue weighted by Gasteiger charge is -2.11. The van der Waals surface area contributed by atoms with E-state index in [9.17, 15) is 9.59 Å². The third-order valence-electron chi connectivity index (χ3n) is 4.89. The molecule has 1 saturated heterocycles. The third-order valence-corrected chi connectivity index (χ3v) is 5.76. The summed E-state index contributed by atoms with van der Waals surface area (Å²) in [6.07, 6.45) is 1.83. The summed E-state index contributed by atoms with van der Waals surface area (Å²) in [6.45, 7) is 4.88. The fourth-order valence-corrected chi connectivity index (χ4v) is 4.22. The molecule has 28 heavy (non-hydrogen) atoms. The predicted molar refractivity (Wildman–Crippen MR) is 114 cm³/mol. The Morgan fingerprint density at radius 3 is 2.25 bits per heavy atom. The Kier molecular flexibility index (Phi) is 4.92. The zero-order valence-corrected chi connectivity index (χ0v) is 16.6. The molecule has 3 aromatic rings. The topological polar surface area (TPSA) is 42.3 Å². The number of rotatable bonds is 4. The van der Waals surface area contributed by atoms with E-state index in [1.165, 1.54) is 10.5 Å². The minimum Gasteiger partial charge on any atom is -0.344 e. The molecule has 2 amide bonds. The summed E-state index contributed by atoms with van der Waals surface area (Å²) in [6, 6.07) is 21.4. The number of para-hydroxylation sites is 1. The number of hydrogen-bond acceptors (Lipinski definition) is 3. The summed E-state index contributed by atoms with van der Waals surface area (Å²) in [7, 11) is 0. The maximum absolute atomic E-state index is 12.8. The first-order chi connectivity index (χ1) is 13.5. The van der Waals surface area contributed by atoms with Crippen molar-refractivity contribution in [2.45, 2.75) is 20.4 Å². The molecule has 140 valence electrons. The molecule has 1 aromatic heterocycles. The van der Waals surface area contributed by atoms with Gasteiger partial charge in [0, 0.05) is 17.9 Å². The van der Waals surface area contributed by atoms with Crippen LogP contribution in [0.15, 0.2) is 71.6 Å². The fraction of sp³-hybridized carbons (Fsp3) is 0.130. The molecule has 1 aliphatic heterocycles. The van der Waals surface area contributed by atoms with Crippen molar-refractivity contribution in [1.29, 1.82) is 0 Å². The number of amides is 2. The number of carbonyl (C=O) groups excluding carboxylic acids is 2. The number of carbonyl (C=O) groups is 2. The minimum absolute atomic E-state index is 0.263. The molecule has 1 aliphatic rings. The van der Waals surface area contributed by atoms with Gasteiger partial charge in [0.25, 0.3) is 11.1 Å².